The Morgan fingerprint density at radius 1 is 1.05 bits per heavy atom. The van der Waals surface area contributed by atoms with E-state index in [1.807, 2.05) is 0 Å². The zero-order chi connectivity index (χ0) is 14.7. The molecule has 2 aromatic rings. The normalized spacial score (nSPS) is 10.3. The molecule has 0 heterocycles. The number of halogens is 3. The van der Waals surface area contributed by atoms with Gasteiger partial charge in [0.25, 0.3) is 0 Å². The summed E-state index contributed by atoms with van der Waals surface area (Å²) >= 11 is 0. The van der Waals surface area contributed by atoms with Gasteiger partial charge in [-0.1, -0.05) is 0 Å². The number of hydrogen-bond donors (Lipinski definition) is 0. The maximum atomic E-state index is 13.4. The van der Waals surface area contributed by atoms with Crippen LogP contribution < -0.4 is 4.74 Å². The Labute approximate surface area is 111 Å². The van der Waals surface area contributed by atoms with Gasteiger partial charge in [-0.3, -0.25) is 10.1 Å². The lowest BCUT2D eigenvalue weighted by Crippen LogP contribution is -2.02. The highest BCUT2D eigenvalue weighted by molar-refractivity contribution is 5.46. The number of ether oxygens (including phenoxy) is 1. The van der Waals surface area contributed by atoms with Crippen LogP contribution in [-0.2, 0) is 6.61 Å². The molecule has 0 saturated carbocycles. The third-order valence-electron chi connectivity index (χ3n) is 2.52. The van der Waals surface area contributed by atoms with E-state index < -0.39 is 28.1 Å². The maximum Gasteiger partial charge on any atom is 0.311 e. The molecule has 20 heavy (non-hydrogen) atoms. The topological polar surface area (TPSA) is 52.4 Å². The van der Waals surface area contributed by atoms with Crippen molar-refractivity contribution in [2.24, 2.45) is 0 Å². The fourth-order valence-corrected chi connectivity index (χ4v) is 1.55. The molecule has 4 nitrogen and oxygen atoms in total. The van der Waals surface area contributed by atoms with Crippen LogP contribution in [-0.4, -0.2) is 4.92 Å². The van der Waals surface area contributed by atoms with Crippen molar-refractivity contribution >= 4 is 5.69 Å². The van der Waals surface area contributed by atoms with E-state index in [-0.39, 0.29) is 17.9 Å². The molecule has 7 heteroatoms. The molecule has 0 N–H and O–H groups in total. The highest BCUT2D eigenvalue weighted by Gasteiger charge is 2.16. The van der Waals surface area contributed by atoms with Crippen molar-refractivity contribution in [3.05, 3.63) is 69.5 Å². The van der Waals surface area contributed by atoms with Gasteiger partial charge in [-0.15, -0.1) is 0 Å². The average molecular weight is 283 g/mol. The molecule has 0 radical (unpaired) electrons. The molecule has 0 aliphatic heterocycles. The minimum Gasteiger partial charge on any atom is -0.482 e. The van der Waals surface area contributed by atoms with Gasteiger partial charge in [0.1, 0.15) is 24.1 Å². The molecule has 0 aliphatic rings. The summed E-state index contributed by atoms with van der Waals surface area (Å²) in [6.07, 6.45) is 0. The van der Waals surface area contributed by atoms with Crippen molar-refractivity contribution in [2.45, 2.75) is 6.61 Å². The zero-order valence-corrected chi connectivity index (χ0v) is 9.98. The summed E-state index contributed by atoms with van der Waals surface area (Å²) in [7, 11) is 0. The van der Waals surface area contributed by atoms with Gasteiger partial charge in [0, 0.05) is 23.8 Å². The van der Waals surface area contributed by atoms with Crippen molar-refractivity contribution in [3.63, 3.8) is 0 Å². The van der Waals surface area contributed by atoms with Crippen LogP contribution in [0.25, 0.3) is 0 Å². The first-order chi connectivity index (χ1) is 9.47. The van der Waals surface area contributed by atoms with E-state index in [0.717, 1.165) is 30.3 Å². The molecule has 0 atom stereocenters. The summed E-state index contributed by atoms with van der Waals surface area (Å²) in [5.41, 5.74) is -0.432. The van der Waals surface area contributed by atoms with E-state index >= 15 is 0 Å². The monoisotopic (exact) mass is 283 g/mol. The minimum atomic E-state index is -0.843. The van der Waals surface area contributed by atoms with E-state index in [4.69, 9.17) is 4.74 Å². The lowest BCUT2D eigenvalue weighted by Gasteiger charge is -2.07. The highest BCUT2D eigenvalue weighted by atomic mass is 19.1. The van der Waals surface area contributed by atoms with Gasteiger partial charge in [0.2, 0.25) is 0 Å². The average Bonchev–Trinajstić information content (AvgIpc) is 2.37. The van der Waals surface area contributed by atoms with Crippen LogP contribution in [0.15, 0.2) is 36.4 Å². The summed E-state index contributed by atoms with van der Waals surface area (Å²) in [6, 6.07) is 5.55. The number of benzene rings is 2. The van der Waals surface area contributed by atoms with Gasteiger partial charge in [-0.05, 0) is 18.2 Å². The van der Waals surface area contributed by atoms with Crippen molar-refractivity contribution in [2.75, 3.05) is 0 Å². The molecule has 0 unspecified atom stereocenters. The Bertz CT molecular complexity index is 661. The van der Waals surface area contributed by atoms with Gasteiger partial charge in [0.15, 0.2) is 5.75 Å². The summed E-state index contributed by atoms with van der Waals surface area (Å²) in [6.45, 7) is -0.379. The third kappa shape index (κ3) is 3.05. The van der Waals surface area contributed by atoms with Crippen molar-refractivity contribution in [1.29, 1.82) is 0 Å². The second-order valence-electron chi connectivity index (χ2n) is 3.89. The maximum absolute atomic E-state index is 13.4. The summed E-state index contributed by atoms with van der Waals surface area (Å²) in [5.74, 6) is -2.63. The molecule has 2 rings (SSSR count). The number of hydrogen-bond acceptors (Lipinski definition) is 3. The third-order valence-corrected chi connectivity index (χ3v) is 2.52. The van der Waals surface area contributed by atoms with Crippen molar-refractivity contribution < 1.29 is 22.8 Å². The van der Waals surface area contributed by atoms with E-state index in [0.29, 0.717) is 6.07 Å². The van der Waals surface area contributed by atoms with E-state index in [9.17, 15) is 23.3 Å². The standard InChI is InChI=1S/C13H8F3NO3/c14-9-2-1-8(11(16)5-9)7-20-13-6-10(15)3-4-12(13)17(18)19/h1-6H,7H2. The quantitative estimate of drug-likeness (QED) is 0.636. The highest BCUT2D eigenvalue weighted by Crippen LogP contribution is 2.28. The second-order valence-corrected chi connectivity index (χ2v) is 3.89. The number of nitro groups is 1. The Morgan fingerprint density at radius 2 is 1.70 bits per heavy atom. The van der Waals surface area contributed by atoms with Crippen LogP contribution in [0.4, 0.5) is 18.9 Å². The fourth-order valence-electron chi connectivity index (χ4n) is 1.55. The predicted molar refractivity (Wildman–Crippen MR) is 63.7 cm³/mol. The summed E-state index contributed by atoms with van der Waals surface area (Å²) in [5, 5.41) is 10.7. The Morgan fingerprint density at radius 3 is 2.35 bits per heavy atom. The van der Waals surface area contributed by atoms with Gasteiger partial charge in [-0.25, -0.2) is 13.2 Å². The van der Waals surface area contributed by atoms with Crippen LogP contribution in [0.1, 0.15) is 5.56 Å². The molecular weight excluding hydrogens is 275 g/mol. The van der Waals surface area contributed by atoms with E-state index in [1.54, 1.807) is 0 Å². The smallest absolute Gasteiger partial charge is 0.311 e. The molecule has 0 fully saturated rings. The number of nitrogens with zero attached hydrogens (tertiary/aromatic N) is 1. The van der Waals surface area contributed by atoms with Crippen LogP contribution >= 0.6 is 0 Å². The first-order valence-electron chi connectivity index (χ1n) is 5.48. The van der Waals surface area contributed by atoms with Gasteiger partial charge >= 0.3 is 5.69 Å². The SMILES string of the molecule is O=[N+]([O-])c1ccc(F)cc1OCc1ccc(F)cc1F. The Balaban J connectivity index is 2.22. The molecule has 2 aromatic carbocycles. The summed E-state index contributed by atoms with van der Waals surface area (Å²) < 4.78 is 44.2. The van der Waals surface area contributed by atoms with Gasteiger partial charge in [0.05, 0.1) is 4.92 Å². The number of rotatable bonds is 4. The predicted octanol–water partition coefficient (Wildman–Crippen LogP) is 3.59. The van der Waals surface area contributed by atoms with Crippen LogP contribution in [0.3, 0.4) is 0 Å². The lowest BCUT2D eigenvalue weighted by molar-refractivity contribution is -0.386. The first kappa shape index (κ1) is 13.9. The van der Waals surface area contributed by atoms with Crippen molar-refractivity contribution in [3.8, 4) is 5.75 Å². The Kier molecular flexibility index (Phi) is 3.88. The molecule has 0 spiro atoms. The summed E-state index contributed by atoms with van der Waals surface area (Å²) in [4.78, 5) is 10.00. The number of nitro benzene ring substituents is 1. The molecule has 0 aromatic heterocycles. The zero-order valence-electron chi connectivity index (χ0n) is 9.98. The molecule has 0 bridgehead atoms. The minimum absolute atomic E-state index is 0.00459. The van der Waals surface area contributed by atoms with Crippen molar-refractivity contribution in [1.82, 2.24) is 0 Å². The molecule has 0 saturated heterocycles. The first-order valence-corrected chi connectivity index (χ1v) is 5.48. The van der Waals surface area contributed by atoms with E-state index in [1.165, 1.54) is 0 Å². The molecule has 0 amide bonds. The largest absolute Gasteiger partial charge is 0.482 e. The second kappa shape index (κ2) is 5.60. The fraction of sp³-hybridized carbons (Fsp3) is 0.0769. The van der Waals surface area contributed by atoms with Gasteiger partial charge < -0.3 is 4.74 Å². The molecule has 0 aliphatic carbocycles. The van der Waals surface area contributed by atoms with Gasteiger partial charge in [-0.2, -0.15) is 0 Å². The molecular formula is C13H8F3NO3. The Hall–Kier alpha value is -2.57. The van der Waals surface area contributed by atoms with Crippen LogP contribution in [0.2, 0.25) is 0 Å². The van der Waals surface area contributed by atoms with Crippen LogP contribution in [0, 0.1) is 27.6 Å². The van der Waals surface area contributed by atoms with E-state index in [2.05, 4.69) is 0 Å². The van der Waals surface area contributed by atoms with Crippen LogP contribution in [0.5, 0.6) is 5.75 Å². The lowest BCUT2D eigenvalue weighted by atomic mass is 10.2. The molecule has 104 valence electrons.